The van der Waals surface area contributed by atoms with E-state index in [-0.39, 0.29) is 0 Å². The standard InChI is InChI=1S/C11H14N2O2/c1-8-9(13-7-6-12-8)11(10(14)15)4-2-3-5-11/h6-7H,2-5H2,1H3,(H,14,15). The first-order valence-electron chi connectivity index (χ1n) is 5.18. The molecule has 0 saturated heterocycles. The van der Waals surface area contributed by atoms with E-state index >= 15 is 0 Å². The highest BCUT2D eigenvalue weighted by molar-refractivity contribution is 5.81. The lowest BCUT2D eigenvalue weighted by Crippen LogP contribution is -2.34. The summed E-state index contributed by atoms with van der Waals surface area (Å²) >= 11 is 0. The molecule has 0 amide bonds. The minimum atomic E-state index is -0.779. The largest absolute Gasteiger partial charge is 0.481 e. The molecule has 0 aromatic carbocycles. The number of nitrogens with zero attached hydrogens (tertiary/aromatic N) is 2. The Balaban J connectivity index is 2.50. The lowest BCUT2D eigenvalue weighted by molar-refractivity contribution is -0.143. The van der Waals surface area contributed by atoms with E-state index in [1.807, 2.05) is 6.92 Å². The third kappa shape index (κ3) is 1.50. The van der Waals surface area contributed by atoms with Crippen molar-refractivity contribution in [2.24, 2.45) is 0 Å². The zero-order valence-electron chi connectivity index (χ0n) is 8.73. The molecule has 1 aromatic heterocycles. The fraction of sp³-hybridized carbons (Fsp3) is 0.545. The number of aromatic nitrogens is 2. The number of carbonyl (C=O) groups is 1. The van der Waals surface area contributed by atoms with Crippen molar-refractivity contribution >= 4 is 5.97 Å². The highest BCUT2D eigenvalue weighted by atomic mass is 16.4. The molecule has 1 saturated carbocycles. The van der Waals surface area contributed by atoms with Gasteiger partial charge in [0, 0.05) is 12.4 Å². The SMILES string of the molecule is Cc1nccnc1C1(C(=O)O)CCCC1. The maximum atomic E-state index is 11.4. The molecule has 0 spiro atoms. The van der Waals surface area contributed by atoms with Crippen LogP contribution in [0.1, 0.15) is 37.1 Å². The van der Waals surface area contributed by atoms with E-state index in [9.17, 15) is 9.90 Å². The molecule has 4 heteroatoms. The van der Waals surface area contributed by atoms with Gasteiger partial charge in [-0.3, -0.25) is 14.8 Å². The highest BCUT2D eigenvalue weighted by Crippen LogP contribution is 2.41. The summed E-state index contributed by atoms with van der Waals surface area (Å²) in [6.07, 6.45) is 6.46. The average molecular weight is 206 g/mol. The van der Waals surface area contributed by atoms with E-state index in [0.29, 0.717) is 18.5 Å². The molecule has 1 aliphatic rings. The Kier molecular flexibility index (Phi) is 2.42. The molecule has 1 heterocycles. The maximum absolute atomic E-state index is 11.4. The van der Waals surface area contributed by atoms with Gasteiger partial charge in [0.05, 0.1) is 11.4 Å². The first-order valence-corrected chi connectivity index (χ1v) is 5.18. The van der Waals surface area contributed by atoms with Crippen molar-refractivity contribution in [1.82, 2.24) is 9.97 Å². The first-order chi connectivity index (χ1) is 7.17. The van der Waals surface area contributed by atoms with Crippen LogP contribution >= 0.6 is 0 Å². The van der Waals surface area contributed by atoms with Gasteiger partial charge in [-0.05, 0) is 19.8 Å². The monoisotopic (exact) mass is 206 g/mol. The molecule has 0 bridgehead atoms. The molecule has 0 aliphatic heterocycles. The quantitative estimate of drug-likeness (QED) is 0.799. The summed E-state index contributed by atoms with van der Waals surface area (Å²) in [6.45, 7) is 1.82. The number of carboxylic acids is 1. The highest BCUT2D eigenvalue weighted by Gasteiger charge is 2.45. The van der Waals surface area contributed by atoms with Gasteiger partial charge in [-0.2, -0.15) is 0 Å². The van der Waals surface area contributed by atoms with E-state index in [1.54, 1.807) is 12.4 Å². The summed E-state index contributed by atoms with van der Waals surface area (Å²) in [7, 11) is 0. The summed E-state index contributed by atoms with van der Waals surface area (Å²) in [5, 5.41) is 9.37. The van der Waals surface area contributed by atoms with Crippen molar-refractivity contribution in [3.63, 3.8) is 0 Å². The molecule has 0 atom stereocenters. The number of aliphatic carboxylic acids is 1. The third-order valence-electron chi connectivity index (χ3n) is 3.20. The molecule has 1 fully saturated rings. The third-order valence-corrected chi connectivity index (χ3v) is 3.20. The number of aryl methyl sites for hydroxylation is 1. The molecule has 0 unspecified atom stereocenters. The lowest BCUT2D eigenvalue weighted by Gasteiger charge is -2.23. The zero-order valence-corrected chi connectivity index (χ0v) is 8.73. The van der Waals surface area contributed by atoms with Crippen molar-refractivity contribution in [1.29, 1.82) is 0 Å². The molecular formula is C11H14N2O2. The molecule has 0 radical (unpaired) electrons. The summed E-state index contributed by atoms with van der Waals surface area (Å²) in [6, 6.07) is 0. The predicted molar refractivity (Wildman–Crippen MR) is 54.6 cm³/mol. The number of carboxylic acid groups (broad SMARTS) is 1. The first kappa shape index (κ1) is 10.1. The van der Waals surface area contributed by atoms with Crippen LogP contribution in [-0.4, -0.2) is 21.0 Å². The lowest BCUT2D eigenvalue weighted by atomic mass is 9.81. The maximum Gasteiger partial charge on any atom is 0.315 e. The van der Waals surface area contributed by atoms with E-state index in [0.717, 1.165) is 18.5 Å². The van der Waals surface area contributed by atoms with Crippen molar-refractivity contribution < 1.29 is 9.90 Å². The molecular weight excluding hydrogens is 192 g/mol. The second kappa shape index (κ2) is 3.61. The molecule has 1 aliphatic carbocycles. The Bertz CT molecular complexity index is 384. The van der Waals surface area contributed by atoms with E-state index in [4.69, 9.17) is 0 Å². The van der Waals surface area contributed by atoms with E-state index in [1.165, 1.54) is 0 Å². The molecule has 15 heavy (non-hydrogen) atoms. The van der Waals surface area contributed by atoms with Crippen LogP contribution in [0.4, 0.5) is 0 Å². The van der Waals surface area contributed by atoms with Crippen LogP contribution in [0.5, 0.6) is 0 Å². The normalized spacial score (nSPS) is 19.0. The van der Waals surface area contributed by atoms with E-state index in [2.05, 4.69) is 9.97 Å². The van der Waals surface area contributed by atoms with E-state index < -0.39 is 11.4 Å². The van der Waals surface area contributed by atoms with Gasteiger partial charge in [-0.25, -0.2) is 0 Å². The van der Waals surface area contributed by atoms with Crippen molar-refractivity contribution in [2.45, 2.75) is 38.0 Å². The Hall–Kier alpha value is -1.45. The minimum absolute atomic E-state index is 0.648. The Morgan fingerprint density at radius 2 is 1.93 bits per heavy atom. The van der Waals surface area contributed by atoms with Crippen molar-refractivity contribution in [2.75, 3.05) is 0 Å². The molecule has 2 rings (SSSR count). The fourth-order valence-corrected chi connectivity index (χ4v) is 2.41. The van der Waals surface area contributed by atoms with Crippen LogP contribution in [0.3, 0.4) is 0 Å². The van der Waals surface area contributed by atoms with Gasteiger partial charge >= 0.3 is 5.97 Å². The van der Waals surface area contributed by atoms with Gasteiger partial charge in [0.1, 0.15) is 5.41 Å². The fourth-order valence-electron chi connectivity index (χ4n) is 2.41. The predicted octanol–water partition coefficient (Wildman–Crippen LogP) is 1.68. The van der Waals surface area contributed by atoms with Gasteiger partial charge in [-0.1, -0.05) is 12.8 Å². The average Bonchev–Trinajstić information content (AvgIpc) is 2.68. The van der Waals surface area contributed by atoms with Crippen LogP contribution in [0, 0.1) is 6.92 Å². The Labute approximate surface area is 88.4 Å². The number of hydrogen-bond donors (Lipinski definition) is 1. The van der Waals surface area contributed by atoms with Crippen molar-refractivity contribution in [3.05, 3.63) is 23.8 Å². The summed E-state index contributed by atoms with van der Waals surface area (Å²) in [4.78, 5) is 19.7. The smallest absolute Gasteiger partial charge is 0.315 e. The molecule has 1 N–H and O–H groups in total. The summed E-state index contributed by atoms with van der Waals surface area (Å²) in [5.74, 6) is -0.761. The number of hydrogen-bond acceptors (Lipinski definition) is 3. The van der Waals surface area contributed by atoms with Crippen LogP contribution < -0.4 is 0 Å². The van der Waals surface area contributed by atoms with Gasteiger partial charge in [0.2, 0.25) is 0 Å². The van der Waals surface area contributed by atoms with Crippen LogP contribution in [-0.2, 0) is 10.2 Å². The van der Waals surface area contributed by atoms with Crippen molar-refractivity contribution in [3.8, 4) is 0 Å². The minimum Gasteiger partial charge on any atom is -0.481 e. The Morgan fingerprint density at radius 1 is 1.33 bits per heavy atom. The van der Waals surface area contributed by atoms with Gasteiger partial charge < -0.3 is 5.11 Å². The molecule has 80 valence electrons. The van der Waals surface area contributed by atoms with Crippen LogP contribution in [0.2, 0.25) is 0 Å². The Morgan fingerprint density at radius 3 is 2.47 bits per heavy atom. The second-order valence-corrected chi connectivity index (χ2v) is 4.08. The second-order valence-electron chi connectivity index (χ2n) is 4.08. The van der Waals surface area contributed by atoms with Crippen LogP contribution in [0.25, 0.3) is 0 Å². The van der Waals surface area contributed by atoms with Gasteiger partial charge in [0.15, 0.2) is 0 Å². The summed E-state index contributed by atoms with van der Waals surface area (Å²) in [5.41, 5.74) is 0.607. The zero-order chi connectivity index (χ0) is 10.9. The number of rotatable bonds is 2. The molecule has 4 nitrogen and oxygen atoms in total. The van der Waals surface area contributed by atoms with Gasteiger partial charge in [-0.15, -0.1) is 0 Å². The summed E-state index contributed by atoms with van der Waals surface area (Å²) < 4.78 is 0. The topological polar surface area (TPSA) is 63.1 Å². The van der Waals surface area contributed by atoms with Gasteiger partial charge in [0.25, 0.3) is 0 Å². The van der Waals surface area contributed by atoms with Crippen LogP contribution in [0.15, 0.2) is 12.4 Å². The molecule has 1 aromatic rings.